The van der Waals surface area contributed by atoms with Gasteiger partial charge in [0.1, 0.15) is 11.3 Å². The molecule has 0 bridgehead atoms. The zero-order chi connectivity index (χ0) is 20.0. The summed E-state index contributed by atoms with van der Waals surface area (Å²) in [5.41, 5.74) is 4.25. The van der Waals surface area contributed by atoms with Gasteiger partial charge in [0.2, 0.25) is 0 Å². The van der Waals surface area contributed by atoms with Crippen molar-refractivity contribution in [3.63, 3.8) is 0 Å². The minimum Gasteiger partial charge on any atom is -0.296 e. The maximum Gasteiger partial charge on any atom is 0.272 e. The number of benzene rings is 2. The highest BCUT2D eigenvalue weighted by Crippen LogP contribution is 2.24. The fraction of sp³-hybridized carbons (Fsp3) is 0.143. The molecule has 0 radical (unpaired) electrons. The van der Waals surface area contributed by atoms with Crippen LogP contribution in [0.15, 0.2) is 65.6 Å². The lowest BCUT2D eigenvalue weighted by Gasteiger charge is -2.12. The van der Waals surface area contributed by atoms with Crippen molar-refractivity contribution in [1.29, 1.82) is 0 Å². The topological polar surface area (TPSA) is 80.9 Å². The summed E-state index contributed by atoms with van der Waals surface area (Å²) in [5, 5.41) is 11.4. The van der Waals surface area contributed by atoms with Crippen molar-refractivity contribution in [3.8, 4) is 11.1 Å². The monoisotopic (exact) mass is 388 g/mol. The molecule has 0 spiro atoms. The van der Waals surface area contributed by atoms with Gasteiger partial charge in [-0.15, -0.1) is 5.10 Å². The van der Waals surface area contributed by atoms with Crippen LogP contribution in [-0.4, -0.2) is 29.6 Å². The van der Waals surface area contributed by atoms with E-state index in [0.29, 0.717) is 17.8 Å². The molecule has 3 heterocycles. The molecule has 0 saturated heterocycles. The number of para-hydroxylation sites is 1. The maximum absolute atomic E-state index is 13.3. The minimum atomic E-state index is -0.312. The smallest absolute Gasteiger partial charge is 0.272 e. The lowest BCUT2D eigenvalue weighted by molar-refractivity contribution is 0.484. The SMILES string of the molecule is CC(Cc1cc(=O)n2[nH]cc(-c3ccc(F)cc3)c2n1)n1nnc2ccccc21. The third-order valence-electron chi connectivity index (χ3n) is 5.01. The number of hydrogen-bond donors (Lipinski definition) is 1. The molecule has 7 nitrogen and oxygen atoms in total. The number of rotatable bonds is 4. The quantitative estimate of drug-likeness (QED) is 0.512. The summed E-state index contributed by atoms with van der Waals surface area (Å²) >= 11 is 0. The number of halogens is 1. The van der Waals surface area contributed by atoms with E-state index < -0.39 is 0 Å². The highest BCUT2D eigenvalue weighted by molar-refractivity contribution is 5.77. The highest BCUT2D eigenvalue weighted by Gasteiger charge is 2.15. The Morgan fingerprint density at radius 2 is 1.93 bits per heavy atom. The number of fused-ring (bicyclic) bond motifs is 2. The number of H-pyrrole nitrogens is 1. The Morgan fingerprint density at radius 3 is 2.76 bits per heavy atom. The Kier molecular flexibility index (Phi) is 3.97. The predicted octanol–water partition coefficient (Wildman–Crippen LogP) is 3.38. The Balaban J connectivity index is 1.54. The van der Waals surface area contributed by atoms with E-state index >= 15 is 0 Å². The molecule has 5 rings (SSSR count). The van der Waals surface area contributed by atoms with Crippen molar-refractivity contribution in [2.45, 2.75) is 19.4 Å². The van der Waals surface area contributed by atoms with Crippen molar-refractivity contribution in [2.24, 2.45) is 0 Å². The van der Waals surface area contributed by atoms with Crippen molar-refractivity contribution in [2.75, 3.05) is 0 Å². The molecular weight excluding hydrogens is 371 g/mol. The van der Waals surface area contributed by atoms with E-state index in [-0.39, 0.29) is 17.4 Å². The van der Waals surface area contributed by atoms with Gasteiger partial charge in [0.15, 0.2) is 5.65 Å². The summed E-state index contributed by atoms with van der Waals surface area (Å²) in [5.74, 6) is -0.312. The first-order valence-electron chi connectivity index (χ1n) is 9.26. The van der Waals surface area contributed by atoms with E-state index in [1.54, 1.807) is 18.3 Å². The van der Waals surface area contributed by atoms with E-state index in [0.717, 1.165) is 22.2 Å². The van der Waals surface area contributed by atoms with Crippen LogP contribution in [0.4, 0.5) is 4.39 Å². The van der Waals surface area contributed by atoms with Gasteiger partial charge in [-0.3, -0.25) is 9.89 Å². The molecule has 8 heteroatoms. The van der Waals surface area contributed by atoms with Crippen LogP contribution in [0.25, 0.3) is 27.8 Å². The Morgan fingerprint density at radius 1 is 1.14 bits per heavy atom. The van der Waals surface area contributed by atoms with E-state index in [2.05, 4.69) is 15.4 Å². The Labute approximate surface area is 164 Å². The molecule has 0 fully saturated rings. The molecule has 2 aromatic carbocycles. The fourth-order valence-corrected chi connectivity index (χ4v) is 3.58. The van der Waals surface area contributed by atoms with Gasteiger partial charge in [-0.2, -0.15) is 0 Å². The Hall–Kier alpha value is -3.81. The second kappa shape index (κ2) is 6.66. The fourth-order valence-electron chi connectivity index (χ4n) is 3.58. The second-order valence-electron chi connectivity index (χ2n) is 7.01. The number of aromatic amines is 1. The van der Waals surface area contributed by atoms with Gasteiger partial charge in [0, 0.05) is 24.2 Å². The molecule has 0 aliphatic heterocycles. The summed E-state index contributed by atoms with van der Waals surface area (Å²) in [6.45, 7) is 2.02. The van der Waals surface area contributed by atoms with Gasteiger partial charge in [-0.25, -0.2) is 18.6 Å². The van der Waals surface area contributed by atoms with E-state index in [1.807, 2.05) is 35.9 Å². The molecule has 0 saturated carbocycles. The number of nitrogens with one attached hydrogen (secondary N) is 1. The van der Waals surface area contributed by atoms with Gasteiger partial charge in [0.05, 0.1) is 17.3 Å². The lowest BCUT2D eigenvalue weighted by atomic mass is 10.1. The molecule has 1 atom stereocenters. The molecule has 29 heavy (non-hydrogen) atoms. The average Bonchev–Trinajstić information content (AvgIpc) is 3.33. The van der Waals surface area contributed by atoms with Crippen molar-refractivity contribution >= 4 is 16.7 Å². The molecule has 1 unspecified atom stereocenters. The van der Waals surface area contributed by atoms with Crippen molar-refractivity contribution < 1.29 is 4.39 Å². The van der Waals surface area contributed by atoms with Crippen LogP contribution >= 0.6 is 0 Å². The first-order valence-corrected chi connectivity index (χ1v) is 9.26. The first-order chi connectivity index (χ1) is 14.1. The van der Waals surface area contributed by atoms with E-state index in [1.165, 1.54) is 22.7 Å². The maximum atomic E-state index is 13.3. The summed E-state index contributed by atoms with van der Waals surface area (Å²) in [6.07, 6.45) is 2.22. The molecule has 3 aromatic heterocycles. The zero-order valence-corrected chi connectivity index (χ0v) is 15.6. The van der Waals surface area contributed by atoms with Crippen LogP contribution in [0, 0.1) is 5.82 Å². The minimum absolute atomic E-state index is 0.0371. The molecule has 0 aliphatic carbocycles. The summed E-state index contributed by atoms with van der Waals surface area (Å²) in [7, 11) is 0. The van der Waals surface area contributed by atoms with Gasteiger partial charge in [-0.05, 0) is 36.8 Å². The molecule has 5 aromatic rings. The standard InChI is InChI=1S/C21H17FN6O/c1-13(27-19-5-3-2-4-18(19)25-26-27)10-16-11-20(29)28-21(24-16)17(12-23-28)14-6-8-15(22)9-7-14/h2-9,11-13,23H,10H2,1H3. The molecule has 0 amide bonds. The van der Waals surface area contributed by atoms with Gasteiger partial charge in [-0.1, -0.05) is 29.5 Å². The second-order valence-corrected chi connectivity index (χ2v) is 7.01. The molecule has 0 aliphatic rings. The van der Waals surface area contributed by atoms with E-state index in [4.69, 9.17) is 4.98 Å². The van der Waals surface area contributed by atoms with Crippen LogP contribution in [0.3, 0.4) is 0 Å². The van der Waals surface area contributed by atoms with Crippen LogP contribution in [-0.2, 0) is 6.42 Å². The number of aromatic nitrogens is 6. The van der Waals surface area contributed by atoms with Crippen LogP contribution in [0.2, 0.25) is 0 Å². The first kappa shape index (κ1) is 17.3. The van der Waals surface area contributed by atoms with Gasteiger partial charge < -0.3 is 0 Å². The average molecular weight is 388 g/mol. The van der Waals surface area contributed by atoms with Crippen LogP contribution < -0.4 is 5.56 Å². The largest absolute Gasteiger partial charge is 0.296 e. The highest BCUT2D eigenvalue weighted by atomic mass is 19.1. The Bertz CT molecular complexity index is 1380. The third-order valence-corrected chi connectivity index (χ3v) is 5.01. The summed E-state index contributed by atoms with van der Waals surface area (Å²) in [6, 6.07) is 15.3. The normalized spacial score (nSPS) is 12.6. The van der Waals surface area contributed by atoms with Crippen LogP contribution in [0.1, 0.15) is 18.7 Å². The molecule has 1 N–H and O–H groups in total. The lowest BCUT2D eigenvalue weighted by Crippen LogP contribution is -2.18. The molecule has 144 valence electrons. The van der Waals surface area contributed by atoms with Crippen molar-refractivity contribution in [1.82, 2.24) is 29.6 Å². The molecular formula is C21H17FN6O. The van der Waals surface area contributed by atoms with Crippen molar-refractivity contribution in [3.05, 3.63) is 82.7 Å². The predicted molar refractivity (Wildman–Crippen MR) is 107 cm³/mol. The third kappa shape index (κ3) is 2.98. The van der Waals surface area contributed by atoms with E-state index in [9.17, 15) is 9.18 Å². The summed E-state index contributed by atoms with van der Waals surface area (Å²) < 4.78 is 16.5. The zero-order valence-electron chi connectivity index (χ0n) is 15.6. The number of nitrogens with zero attached hydrogens (tertiary/aromatic N) is 5. The van der Waals surface area contributed by atoms with Gasteiger partial charge in [0.25, 0.3) is 5.56 Å². The number of hydrogen-bond acceptors (Lipinski definition) is 4. The summed E-state index contributed by atoms with van der Waals surface area (Å²) in [4.78, 5) is 17.3. The van der Waals surface area contributed by atoms with Gasteiger partial charge >= 0.3 is 0 Å². The van der Waals surface area contributed by atoms with Crippen LogP contribution in [0.5, 0.6) is 0 Å².